The summed E-state index contributed by atoms with van der Waals surface area (Å²) < 4.78 is 6.50. The molecule has 4 aromatic rings. The molecule has 4 heteroatoms. The number of nitrogens with zero attached hydrogens (tertiary/aromatic N) is 1. The topological polar surface area (TPSA) is 50.7 Å². The lowest BCUT2D eigenvalue weighted by atomic mass is 9.81. The minimum absolute atomic E-state index is 0.0295. The van der Waals surface area contributed by atoms with Gasteiger partial charge in [0.2, 0.25) is 5.91 Å². The quantitative estimate of drug-likeness (QED) is 0.319. The lowest BCUT2D eigenvalue weighted by molar-refractivity contribution is -0.114. The van der Waals surface area contributed by atoms with Gasteiger partial charge in [0.1, 0.15) is 11.5 Å². The first kappa shape index (κ1) is 22.4. The number of aryl methyl sites for hydroxylation is 1. The molecule has 172 valence electrons. The summed E-state index contributed by atoms with van der Waals surface area (Å²) in [6, 6.07) is 34.5. The minimum atomic E-state index is -0.0992. The molecule has 1 amide bonds. The first-order valence-electron chi connectivity index (χ1n) is 11.6. The highest BCUT2D eigenvalue weighted by atomic mass is 16.5. The number of hydrogen-bond acceptors (Lipinski definition) is 3. The van der Waals surface area contributed by atoms with E-state index in [1.165, 1.54) is 18.1 Å². The number of ether oxygens (including phenoxy) is 1. The van der Waals surface area contributed by atoms with Gasteiger partial charge in [-0.05, 0) is 42.8 Å². The molecule has 1 atom stereocenters. The standard InChI is InChI=1S/C31H26N2O2/c1-21-12-14-23(15-13-21)30-27-10-6-7-11-29(27)35-31(24-8-4-3-5-9-24)28(30)20-32-25-16-18-26(19-17-25)33-22(2)34/h3-20,30H,1-2H3,(H,33,34)/t30-/m1/s1. The van der Waals surface area contributed by atoms with Crippen LogP contribution in [0.3, 0.4) is 0 Å². The molecule has 4 nitrogen and oxygen atoms in total. The largest absolute Gasteiger partial charge is 0.456 e. The maximum atomic E-state index is 11.3. The van der Waals surface area contributed by atoms with Crippen molar-refractivity contribution in [2.24, 2.45) is 4.99 Å². The molecule has 0 unspecified atom stereocenters. The Balaban J connectivity index is 1.64. The number of aliphatic imine (C=N–C) groups is 1. The second-order valence-electron chi connectivity index (χ2n) is 8.62. The Morgan fingerprint density at radius 2 is 1.54 bits per heavy atom. The van der Waals surface area contributed by atoms with Crippen LogP contribution in [0.4, 0.5) is 11.4 Å². The predicted molar refractivity (Wildman–Crippen MR) is 142 cm³/mol. The fraction of sp³-hybridized carbons (Fsp3) is 0.0968. The Labute approximate surface area is 205 Å². The number of carbonyl (C=O) groups excluding carboxylic acids is 1. The predicted octanol–water partition coefficient (Wildman–Crippen LogP) is 7.29. The number of rotatable bonds is 5. The summed E-state index contributed by atoms with van der Waals surface area (Å²) in [6.07, 6.45) is 1.91. The van der Waals surface area contributed by atoms with Crippen LogP contribution >= 0.6 is 0 Å². The normalized spacial score (nSPS) is 15.0. The lowest BCUT2D eigenvalue weighted by Crippen LogP contribution is -2.17. The van der Waals surface area contributed by atoms with Gasteiger partial charge in [-0.1, -0.05) is 78.4 Å². The molecule has 0 saturated heterocycles. The van der Waals surface area contributed by atoms with Crippen LogP contribution in [0.1, 0.15) is 35.1 Å². The number of para-hydroxylation sites is 1. The average Bonchev–Trinajstić information content (AvgIpc) is 2.88. The number of nitrogens with one attached hydrogen (secondary N) is 1. The Kier molecular flexibility index (Phi) is 6.27. The monoisotopic (exact) mass is 458 g/mol. The molecule has 0 radical (unpaired) electrons. The van der Waals surface area contributed by atoms with Crippen LogP contribution in [0.25, 0.3) is 5.76 Å². The number of anilines is 1. The summed E-state index contributed by atoms with van der Waals surface area (Å²) in [7, 11) is 0. The Morgan fingerprint density at radius 3 is 2.26 bits per heavy atom. The zero-order valence-corrected chi connectivity index (χ0v) is 19.7. The Hall–Kier alpha value is -4.44. The van der Waals surface area contributed by atoms with E-state index in [0.717, 1.165) is 39.6 Å². The van der Waals surface area contributed by atoms with E-state index >= 15 is 0 Å². The molecule has 0 fully saturated rings. The van der Waals surface area contributed by atoms with Gasteiger partial charge in [0.05, 0.1) is 5.69 Å². The van der Waals surface area contributed by atoms with Crippen molar-refractivity contribution in [2.75, 3.05) is 5.32 Å². The SMILES string of the molecule is CC(=O)Nc1ccc(N=CC2=C(c3ccccc3)Oc3ccccc3[C@H]2c2ccc(C)cc2)cc1. The molecule has 5 rings (SSSR count). The van der Waals surface area contributed by atoms with E-state index in [-0.39, 0.29) is 11.8 Å². The van der Waals surface area contributed by atoms with Crippen molar-refractivity contribution in [3.63, 3.8) is 0 Å². The molecule has 1 aliphatic heterocycles. The highest BCUT2D eigenvalue weighted by Crippen LogP contribution is 2.45. The molecular weight excluding hydrogens is 432 g/mol. The van der Waals surface area contributed by atoms with E-state index in [2.05, 4.69) is 54.7 Å². The lowest BCUT2D eigenvalue weighted by Gasteiger charge is -2.30. The summed E-state index contributed by atoms with van der Waals surface area (Å²) in [5.41, 5.74) is 7.04. The van der Waals surface area contributed by atoms with Gasteiger partial charge in [0.15, 0.2) is 0 Å². The van der Waals surface area contributed by atoms with Gasteiger partial charge in [-0.25, -0.2) is 0 Å². The van der Waals surface area contributed by atoms with Crippen molar-refractivity contribution in [1.29, 1.82) is 0 Å². The zero-order chi connectivity index (χ0) is 24.2. The summed E-state index contributed by atoms with van der Waals surface area (Å²) in [6.45, 7) is 3.59. The van der Waals surface area contributed by atoms with Crippen LogP contribution in [0, 0.1) is 6.92 Å². The number of amides is 1. The molecule has 0 aliphatic carbocycles. The van der Waals surface area contributed by atoms with E-state index in [9.17, 15) is 4.79 Å². The molecule has 0 bridgehead atoms. The average molecular weight is 459 g/mol. The maximum absolute atomic E-state index is 11.3. The first-order chi connectivity index (χ1) is 17.1. The van der Waals surface area contributed by atoms with Crippen molar-refractivity contribution < 1.29 is 9.53 Å². The van der Waals surface area contributed by atoms with E-state index < -0.39 is 0 Å². The molecule has 1 aliphatic rings. The summed E-state index contributed by atoms with van der Waals surface area (Å²) >= 11 is 0. The molecule has 0 aromatic heterocycles. The highest BCUT2D eigenvalue weighted by molar-refractivity contribution is 5.95. The third-order valence-corrected chi connectivity index (χ3v) is 6.00. The van der Waals surface area contributed by atoms with Crippen LogP contribution in [0.15, 0.2) is 114 Å². The van der Waals surface area contributed by atoms with Crippen LogP contribution in [0.2, 0.25) is 0 Å². The van der Waals surface area contributed by atoms with Gasteiger partial charge in [-0.3, -0.25) is 9.79 Å². The summed E-state index contributed by atoms with van der Waals surface area (Å²) in [5.74, 6) is 1.53. The first-order valence-corrected chi connectivity index (χ1v) is 11.6. The third kappa shape index (κ3) is 4.92. The number of benzene rings is 4. The second-order valence-corrected chi connectivity index (χ2v) is 8.62. The fourth-order valence-electron chi connectivity index (χ4n) is 4.32. The Bertz CT molecular complexity index is 1400. The van der Waals surface area contributed by atoms with Gasteiger partial charge in [0, 0.05) is 41.4 Å². The number of hydrogen-bond donors (Lipinski definition) is 1. The van der Waals surface area contributed by atoms with Gasteiger partial charge in [-0.15, -0.1) is 0 Å². The van der Waals surface area contributed by atoms with Crippen molar-refractivity contribution in [3.8, 4) is 5.75 Å². The van der Waals surface area contributed by atoms with Crippen molar-refractivity contribution >= 4 is 29.3 Å². The molecule has 35 heavy (non-hydrogen) atoms. The molecule has 0 spiro atoms. The molecule has 1 heterocycles. The third-order valence-electron chi connectivity index (χ3n) is 6.00. The second kappa shape index (κ2) is 9.82. The number of fused-ring (bicyclic) bond motifs is 1. The molecule has 0 saturated carbocycles. The van der Waals surface area contributed by atoms with Crippen LogP contribution in [0.5, 0.6) is 5.75 Å². The van der Waals surface area contributed by atoms with E-state index in [1.54, 1.807) is 0 Å². The van der Waals surface area contributed by atoms with E-state index in [0.29, 0.717) is 0 Å². The van der Waals surface area contributed by atoms with Gasteiger partial charge in [-0.2, -0.15) is 0 Å². The summed E-state index contributed by atoms with van der Waals surface area (Å²) in [5, 5.41) is 2.79. The van der Waals surface area contributed by atoms with Crippen LogP contribution in [-0.4, -0.2) is 12.1 Å². The maximum Gasteiger partial charge on any atom is 0.221 e. The minimum Gasteiger partial charge on any atom is -0.456 e. The fourth-order valence-corrected chi connectivity index (χ4v) is 4.32. The van der Waals surface area contributed by atoms with Gasteiger partial charge >= 0.3 is 0 Å². The van der Waals surface area contributed by atoms with E-state index in [4.69, 9.17) is 9.73 Å². The summed E-state index contributed by atoms with van der Waals surface area (Å²) in [4.78, 5) is 16.1. The van der Waals surface area contributed by atoms with Crippen molar-refractivity contribution in [3.05, 3.63) is 131 Å². The van der Waals surface area contributed by atoms with Crippen LogP contribution in [-0.2, 0) is 4.79 Å². The number of allylic oxidation sites excluding steroid dienone is 1. The van der Waals surface area contributed by atoms with Crippen molar-refractivity contribution in [2.45, 2.75) is 19.8 Å². The van der Waals surface area contributed by atoms with Gasteiger partial charge in [0.25, 0.3) is 0 Å². The smallest absolute Gasteiger partial charge is 0.221 e. The highest BCUT2D eigenvalue weighted by Gasteiger charge is 2.30. The van der Waals surface area contributed by atoms with E-state index in [1.807, 2.05) is 66.9 Å². The zero-order valence-electron chi connectivity index (χ0n) is 19.7. The Morgan fingerprint density at radius 1 is 0.857 bits per heavy atom. The molecule has 4 aromatic carbocycles. The van der Waals surface area contributed by atoms with Gasteiger partial charge < -0.3 is 10.1 Å². The van der Waals surface area contributed by atoms with Crippen LogP contribution < -0.4 is 10.1 Å². The number of carbonyl (C=O) groups is 1. The van der Waals surface area contributed by atoms with Crippen molar-refractivity contribution in [1.82, 2.24) is 0 Å². The molecular formula is C31H26N2O2. The molecule has 1 N–H and O–H groups in total.